The molecule has 0 saturated carbocycles. The van der Waals surface area contributed by atoms with Crippen LogP contribution in [0.5, 0.6) is 0 Å². The Bertz CT molecular complexity index is 839. The van der Waals surface area contributed by atoms with E-state index in [0.29, 0.717) is 13.1 Å². The molecule has 6 heteroatoms. The van der Waals surface area contributed by atoms with E-state index in [0.717, 1.165) is 18.5 Å². The summed E-state index contributed by atoms with van der Waals surface area (Å²) in [5.41, 5.74) is 2.02. The minimum absolute atomic E-state index is 0.0747. The van der Waals surface area contributed by atoms with Crippen LogP contribution in [0.4, 0.5) is 5.69 Å². The Hall–Kier alpha value is -3.15. The highest BCUT2D eigenvalue weighted by molar-refractivity contribution is 6.01. The number of amides is 3. The van der Waals surface area contributed by atoms with Crippen molar-refractivity contribution in [3.63, 3.8) is 0 Å². The number of aryl methyl sites for hydroxylation is 1. The second-order valence-electron chi connectivity index (χ2n) is 7.35. The molecule has 0 unspecified atom stereocenters. The molecule has 2 aromatic carbocycles. The highest BCUT2D eigenvalue weighted by Gasteiger charge is 2.35. The quantitative estimate of drug-likeness (QED) is 0.676. The van der Waals surface area contributed by atoms with Crippen LogP contribution in [0.3, 0.4) is 0 Å². The first-order valence-corrected chi connectivity index (χ1v) is 10.0. The van der Waals surface area contributed by atoms with Crippen molar-refractivity contribution in [2.75, 3.05) is 18.0 Å². The summed E-state index contributed by atoms with van der Waals surface area (Å²) in [4.78, 5) is 38.7. The number of benzene rings is 2. The Labute approximate surface area is 171 Å². The number of hydrogen-bond donors (Lipinski definition) is 2. The van der Waals surface area contributed by atoms with E-state index in [1.165, 1.54) is 5.56 Å². The van der Waals surface area contributed by atoms with Gasteiger partial charge >= 0.3 is 0 Å². The largest absolute Gasteiger partial charge is 0.354 e. The molecule has 1 saturated heterocycles. The molecular weight excluding hydrogens is 366 g/mol. The van der Waals surface area contributed by atoms with Crippen LogP contribution in [-0.2, 0) is 20.8 Å². The van der Waals surface area contributed by atoms with Gasteiger partial charge in [0.2, 0.25) is 17.7 Å². The smallest absolute Gasteiger partial charge is 0.242 e. The standard InChI is InChI=1S/C23H27N3O3/c1-17(22(28)24-14-8-11-18-9-4-2-5-10-18)25-23(29)19-15-21(27)26(16-19)20-12-6-3-7-13-20/h2-7,9-10,12-13,17,19H,8,11,14-16H2,1H3,(H,24,28)(H,25,29)/t17-,19-/m0/s1. The fraction of sp³-hybridized carbons (Fsp3) is 0.348. The number of anilines is 1. The second kappa shape index (κ2) is 9.87. The van der Waals surface area contributed by atoms with Crippen LogP contribution in [-0.4, -0.2) is 36.9 Å². The number of nitrogens with zero attached hydrogens (tertiary/aromatic N) is 1. The fourth-order valence-corrected chi connectivity index (χ4v) is 3.44. The lowest BCUT2D eigenvalue weighted by atomic mass is 10.1. The van der Waals surface area contributed by atoms with E-state index < -0.39 is 12.0 Å². The molecule has 3 rings (SSSR count). The third-order valence-corrected chi connectivity index (χ3v) is 5.10. The van der Waals surface area contributed by atoms with Crippen LogP contribution in [0.2, 0.25) is 0 Å². The number of carbonyl (C=O) groups excluding carboxylic acids is 3. The zero-order chi connectivity index (χ0) is 20.6. The predicted molar refractivity (Wildman–Crippen MR) is 112 cm³/mol. The van der Waals surface area contributed by atoms with Crippen LogP contribution in [0, 0.1) is 5.92 Å². The summed E-state index contributed by atoms with van der Waals surface area (Å²) in [6.45, 7) is 2.55. The van der Waals surface area contributed by atoms with Crippen molar-refractivity contribution in [2.24, 2.45) is 5.92 Å². The maximum Gasteiger partial charge on any atom is 0.242 e. The molecule has 29 heavy (non-hydrogen) atoms. The molecule has 3 amide bonds. The molecule has 152 valence electrons. The molecule has 1 fully saturated rings. The van der Waals surface area contributed by atoms with Crippen molar-refractivity contribution in [1.82, 2.24) is 10.6 Å². The Morgan fingerprint density at radius 3 is 2.41 bits per heavy atom. The van der Waals surface area contributed by atoms with E-state index in [4.69, 9.17) is 0 Å². The maximum atomic E-state index is 12.5. The van der Waals surface area contributed by atoms with Gasteiger partial charge in [0.05, 0.1) is 5.92 Å². The lowest BCUT2D eigenvalue weighted by Crippen LogP contribution is -2.47. The molecule has 0 aromatic heterocycles. The summed E-state index contributed by atoms with van der Waals surface area (Å²) in [6.07, 6.45) is 1.88. The van der Waals surface area contributed by atoms with E-state index in [2.05, 4.69) is 22.8 Å². The van der Waals surface area contributed by atoms with Crippen molar-refractivity contribution in [3.05, 3.63) is 66.2 Å². The molecule has 0 radical (unpaired) electrons. The molecule has 0 spiro atoms. The van der Waals surface area contributed by atoms with E-state index >= 15 is 0 Å². The molecule has 0 bridgehead atoms. The Balaban J connectivity index is 1.41. The Kier molecular flexibility index (Phi) is 7.00. The molecule has 1 aliphatic rings. The zero-order valence-corrected chi connectivity index (χ0v) is 16.6. The molecule has 1 aliphatic heterocycles. The van der Waals surface area contributed by atoms with Crippen LogP contribution in [0.15, 0.2) is 60.7 Å². The number of nitrogens with one attached hydrogen (secondary N) is 2. The summed E-state index contributed by atoms with van der Waals surface area (Å²) in [6, 6.07) is 18.8. The Morgan fingerprint density at radius 2 is 1.72 bits per heavy atom. The van der Waals surface area contributed by atoms with E-state index in [1.807, 2.05) is 48.5 Å². The van der Waals surface area contributed by atoms with E-state index in [9.17, 15) is 14.4 Å². The molecule has 2 N–H and O–H groups in total. The lowest BCUT2D eigenvalue weighted by molar-refractivity contribution is -0.130. The van der Waals surface area contributed by atoms with Crippen molar-refractivity contribution < 1.29 is 14.4 Å². The first-order chi connectivity index (χ1) is 14.0. The zero-order valence-electron chi connectivity index (χ0n) is 16.6. The summed E-state index contributed by atoms with van der Waals surface area (Å²) >= 11 is 0. The maximum absolute atomic E-state index is 12.5. The van der Waals surface area contributed by atoms with Crippen molar-refractivity contribution in [3.8, 4) is 0 Å². The van der Waals surface area contributed by atoms with Crippen LogP contribution in [0.25, 0.3) is 0 Å². The predicted octanol–water partition coefficient (Wildman–Crippen LogP) is 2.29. The normalized spacial score (nSPS) is 17.1. The van der Waals surface area contributed by atoms with Gasteiger partial charge in [-0.05, 0) is 37.5 Å². The average Bonchev–Trinajstić information content (AvgIpc) is 3.14. The number of rotatable bonds is 8. The van der Waals surface area contributed by atoms with Gasteiger partial charge in [-0.25, -0.2) is 0 Å². The molecule has 2 aromatic rings. The van der Waals surface area contributed by atoms with Gasteiger partial charge in [-0.3, -0.25) is 14.4 Å². The summed E-state index contributed by atoms with van der Waals surface area (Å²) in [5, 5.41) is 5.60. The van der Waals surface area contributed by atoms with Crippen molar-refractivity contribution in [2.45, 2.75) is 32.2 Å². The van der Waals surface area contributed by atoms with Gasteiger partial charge in [-0.15, -0.1) is 0 Å². The molecule has 6 nitrogen and oxygen atoms in total. The fourth-order valence-electron chi connectivity index (χ4n) is 3.44. The van der Waals surface area contributed by atoms with Gasteiger partial charge in [-0.2, -0.15) is 0 Å². The highest BCUT2D eigenvalue weighted by atomic mass is 16.2. The summed E-state index contributed by atoms with van der Waals surface area (Å²) < 4.78 is 0. The number of hydrogen-bond acceptors (Lipinski definition) is 3. The van der Waals surface area contributed by atoms with E-state index in [1.54, 1.807) is 11.8 Å². The Morgan fingerprint density at radius 1 is 1.07 bits per heavy atom. The monoisotopic (exact) mass is 393 g/mol. The van der Waals surface area contributed by atoms with Crippen LogP contribution >= 0.6 is 0 Å². The third kappa shape index (κ3) is 5.67. The van der Waals surface area contributed by atoms with Crippen LogP contribution < -0.4 is 15.5 Å². The van der Waals surface area contributed by atoms with Crippen molar-refractivity contribution >= 4 is 23.4 Å². The van der Waals surface area contributed by atoms with Gasteiger partial charge in [0.15, 0.2) is 0 Å². The van der Waals surface area contributed by atoms with Gasteiger partial charge in [0.25, 0.3) is 0 Å². The molecule has 1 heterocycles. The lowest BCUT2D eigenvalue weighted by Gasteiger charge is -2.18. The van der Waals surface area contributed by atoms with E-state index in [-0.39, 0.29) is 24.1 Å². The van der Waals surface area contributed by atoms with Crippen molar-refractivity contribution in [1.29, 1.82) is 0 Å². The minimum atomic E-state index is -0.639. The highest BCUT2D eigenvalue weighted by Crippen LogP contribution is 2.24. The topological polar surface area (TPSA) is 78.5 Å². The molecular formula is C23H27N3O3. The molecule has 0 aliphatic carbocycles. The summed E-state index contributed by atoms with van der Waals surface area (Å²) in [5.74, 6) is -0.996. The first-order valence-electron chi connectivity index (χ1n) is 10.0. The van der Waals surface area contributed by atoms with Gasteiger partial charge in [0.1, 0.15) is 6.04 Å². The SMILES string of the molecule is C[C@H](NC(=O)[C@H]1CC(=O)N(c2ccccc2)C1)C(=O)NCCCc1ccccc1. The average molecular weight is 393 g/mol. The number of carbonyl (C=O) groups is 3. The third-order valence-electron chi connectivity index (χ3n) is 5.10. The van der Waals surface area contributed by atoms with Crippen LogP contribution in [0.1, 0.15) is 25.3 Å². The number of para-hydroxylation sites is 1. The van der Waals surface area contributed by atoms with Gasteiger partial charge in [0, 0.05) is 25.2 Å². The summed E-state index contributed by atoms with van der Waals surface area (Å²) in [7, 11) is 0. The van der Waals surface area contributed by atoms with Gasteiger partial charge in [-0.1, -0.05) is 48.5 Å². The van der Waals surface area contributed by atoms with Gasteiger partial charge < -0.3 is 15.5 Å². The molecule has 2 atom stereocenters. The first kappa shape index (κ1) is 20.6. The second-order valence-corrected chi connectivity index (χ2v) is 7.35. The minimum Gasteiger partial charge on any atom is -0.354 e.